The number of aromatic nitrogens is 2. The Morgan fingerprint density at radius 1 is 1.08 bits per heavy atom. The number of benzene rings is 1. The first-order valence-electron chi connectivity index (χ1n) is 8.34. The summed E-state index contributed by atoms with van der Waals surface area (Å²) in [6.07, 6.45) is 7.06. The fraction of sp³-hybridized carbons (Fsp3) is 0.143. The molecule has 132 valence electrons. The molecule has 1 aliphatic rings. The lowest BCUT2D eigenvalue weighted by Crippen LogP contribution is -2.39. The van der Waals surface area contributed by atoms with E-state index in [4.69, 9.17) is 0 Å². The molecule has 0 bridgehead atoms. The molecule has 0 saturated carbocycles. The van der Waals surface area contributed by atoms with Crippen LogP contribution in [0.15, 0.2) is 73.0 Å². The minimum atomic E-state index is -0.288. The maximum Gasteiger partial charge on any atom is 0.272 e. The van der Waals surface area contributed by atoms with Crippen molar-refractivity contribution in [3.63, 3.8) is 0 Å². The molecular formula is C21H22N4O. The van der Waals surface area contributed by atoms with Crippen molar-refractivity contribution < 1.29 is 4.79 Å². The molecule has 1 amide bonds. The number of aromatic amines is 1. The number of nitrogens with one attached hydrogen (secondary N) is 3. The highest BCUT2D eigenvalue weighted by Gasteiger charge is 2.25. The van der Waals surface area contributed by atoms with Gasteiger partial charge in [0.2, 0.25) is 0 Å². The van der Waals surface area contributed by atoms with Crippen LogP contribution in [0.3, 0.4) is 0 Å². The van der Waals surface area contributed by atoms with Crippen molar-refractivity contribution in [2.24, 2.45) is 0 Å². The molecular weight excluding hydrogens is 324 g/mol. The summed E-state index contributed by atoms with van der Waals surface area (Å²) in [7, 11) is 0. The van der Waals surface area contributed by atoms with E-state index in [-0.39, 0.29) is 11.3 Å². The van der Waals surface area contributed by atoms with Gasteiger partial charge in [-0.3, -0.25) is 4.79 Å². The molecule has 3 N–H and O–H groups in total. The third-order valence-corrected chi connectivity index (χ3v) is 4.32. The Balaban J connectivity index is 1.87. The minimum absolute atomic E-state index is 0.232. The lowest BCUT2D eigenvalue weighted by molar-refractivity contribution is -0.117. The van der Waals surface area contributed by atoms with Crippen LogP contribution in [0, 0.1) is 0 Å². The molecule has 0 aliphatic carbocycles. The first-order chi connectivity index (χ1) is 12.4. The van der Waals surface area contributed by atoms with Crippen molar-refractivity contribution in [2.45, 2.75) is 19.3 Å². The molecule has 5 heteroatoms. The molecule has 1 aromatic carbocycles. The zero-order chi connectivity index (χ0) is 18.7. The Kier molecular flexibility index (Phi) is 4.63. The van der Waals surface area contributed by atoms with E-state index < -0.39 is 0 Å². The molecule has 0 unspecified atom stereocenters. The standard InChI is InChI=1S/C21H22N4O/c1-5-21(3,4)19-17(22-13-23-19)12-18-20(26)25-16(14(2)24-18)11-15-9-7-6-8-10-15/h5-13,24H,1-2H2,3-4H3,(H,22,23)(H,25,26)/b16-11-,18-12-. The SMILES string of the molecule is C=CC(C)(C)c1[nH]cnc1/C=C1\NC(=C)/C(=C/c2ccccc2)NC1=O. The van der Waals surface area contributed by atoms with Gasteiger partial charge in [0.05, 0.1) is 29.1 Å². The molecule has 0 atom stereocenters. The van der Waals surface area contributed by atoms with Gasteiger partial charge in [-0.25, -0.2) is 4.98 Å². The number of allylic oxidation sites excluding steroid dienone is 1. The quantitative estimate of drug-likeness (QED) is 0.586. The first-order valence-corrected chi connectivity index (χ1v) is 8.34. The van der Waals surface area contributed by atoms with Crippen LogP contribution in [-0.4, -0.2) is 15.9 Å². The van der Waals surface area contributed by atoms with E-state index in [2.05, 4.69) is 33.8 Å². The van der Waals surface area contributed by atoms with Crippen molar-refractivity contribution in [1.29, 1.82) is 0 Å². The van der Waals surface area contributed by atoms with E-state index in [1.54, 1.807) is 12.4 Å². The van der Waals surface area contributed by atoms with Gasteiger partial charge in [-0.15, -0.1) is 6.58 Å². The summed E-state index contributed by atoms with van der Waals surface area (Å²) in [5, 5.41) is 5.96. The van der Waals surface area contributed by atoms with Crippen molar-refractivity contribution in [1.82, 2.24) is 20.6 Å². The number of carbonyl (C=O) groups is 1. The van der Waals surface area contributed by atoms with Gasteiger partial charge >= 0.3 is 0 Å². The number of nitrogens with zero attached hydrogens (tertiary/aromatic N) is 1. The van der Waals surface area contributed by atoms with E-state index in [1.165, 1.54) is 0 Å². The van der Waals surface area contributed by atoms with Gasteiger partial charge in [-0.05, 0) is 17.7 Å². The minimum Gasteiger partial charge on any atom is -0.350 e. The number of rotatable bonds is 4. The maximum absolute atomic E-state index is 12.5. The lowest BCUT2D eigenvalue weighted by atomic mass is 9.88. The number of carbonyl (C=O) groups excluding carboxylic acids is 1. The molecule has 0 spiro atoms. The molecule has 26 heavy (non-hydrogen) atoms. The van der Waals surface area contributed by atoms with Crippen molar-refractivity contribution in [3.8, 4) is 0 Å². The van der Waals surface area contributed by atoms with Gasteiger partial charge in [0.15, 0.2) is 0 Å². The molecule has 2 aromatic rings. The molecule has 0 radical (unpaired) electrons. The van der Waals surface area contributed by atoms with E-state index in [0.29, 0.717) is 22.8 Å². The normalized spacial score (nSPS) is 17.9. The van der Waals surface area contributed by atoms with Crippen LogP contribution in [0.4, 0.5) is 0 Å². The molecule has 2 heterocycles. The first kappa shape index (κ1) is 17.5. The number of hydrogen-bond acceptors (Lipinski definition) is 3. The summed E-state index contributed by atoms with van der Waals surface area (Å²) in [5.74, 6) is -0.232. The predicted molar refractivity (Wildman–Crippen MR) is 105 cm³/mol. The lowest BCUT2D eigenvalue weighted by Gasteiger charge is -2.23. The van der Waals surface area contributed by atoms with Crippen LogP contribution in [0.25, 0.3) is 12.2 Å². The van der Waals surface area contributed by atoms with Crippen LogP contribution >= 0.6 is 0 Å². The summed E-state index contributed by atoms with van der Waals surface area (Å²) in [6.45, 7) is 11.9. The van der Waals surface area contributed by atoms with Gasteiger partial charge < -0.3 is 15.6 Å². The topological polar surface area (TPSA) is 69.8 Å². The Bertz CT molecular complexity index is 916. The smallest absolute Gasteiger partial charge is 0.272 e. The van der Waals surface area contributed by atoms with E-state index >= 15 is 0 Å². The summed E-state index contributed by atoms with van der Waals surface area (Å²) < 4.78 is 0. The average Bonchev–Trinajstić information content (AvgIpc) is 3.09. The summed E-state index contributed by atoms with van der Waals surface area (Å²) in [5.41, 5.74) is 3.95. The van der Waals surface area contributed by atoms with Gasteiger partial charge in [0, 0.05) is 5.41 Å². The highest BCUT2D eigenvalue weighted by Crippen LogP contribution is 2.26. The molecule has 1 aromatic heterocycles. The fourth-order valence-corrected chi connectivity index (χ4v) is 2.66. The number of amides is 1. The van der Waals surface area contributed by atoms with Crippen LogP contribution < -0.4 is 10.6 Å². The second kappa shape index (κ2) is 6.88. The van der Waals surface area contributed by atoms with Crippen LogP contribution in [0.5, 0.6) is 0 Å². The van der Waals surface area contributed by atoms with Gasteiger partial charge in [-0.1, -0.05) is 56.8 Å². The number of H-pyrrole nitrogens is 1. The Morgan fingerprint density at radius 2 is 1.81 bits per heavy atom. The van der Waals surface area contributed by atoms with E-state index in [1.807, 2.05) is 56.3 Å². The van der Waals surface area contributed by atoms with E-state index in [0.717, 1.165) is 11.3 Å². The Morgan fingerprint density at radius 3 is 2.50 bits per heavy atom. The van der Waals surface area contributed by atoms with Gasteiger partial charge in [-0.2, -0.15) is 0 Å². The largest absolute Gasteiger partial charge is 0.350 e. The highest BCUT2D eigenvalue weighted by atomic mass is 16.2. The number of piperazine rings is 1. The number of hydrogen-bond donors (Lipinski definition) is 3. The molecule has 3 rings (SSSR count). The molecule has 5 nitrogen and oxygen atoms in total. The number of imidazole rings is 1. The monoisotopic (exact) mass is 346 g/mol. The average molecular weight is 346 g/mol. The van der Waals surface area contributed by atoms with Gasteiger partial charge in [0.25, 0.3) is 5.91 Å². The summed E-state index contributed by atoms with van der Waals surface area (Å²) >= 11 is 0. The van der Waals surface area contributed by atoms with Crippen LogP contribution in [0.2, 0.25) is 0 Å². The second-order valence-corrected chi connectivity index (χ2v) is 6.67. The zero-order valence-corrected chi connectivity index (χ0v) is 15.0. The Hall–Kier alpha value is -3.34. The molecule has 1 fully saturated rings. The zero-order valence-electron chi connectivity index (χ0n) is 15.0. The van der Waals surface area contributed by atoms with Crippen LogP contribution in [-0.2, 0) is 10.2 Å². The predicted octanol–water partition coefficient (Wildman–Crippen LogP) is 3.49. The molecule has 1 saturated heterocycles. The Labute approximate surface area is 153 Å². The van der Waals surface area contributed by atoms with Gasteiger partial charge in [0.1, 0.15) is 5.70 Å². The van der Waals surface area contributed by atoms with Crippen LogP contribution in [0.1, 0.15) is 30.8 Å². The highest BCUT2D eigenvalue weighted by molar-refractivity contribution is 6.01. The molecule has 1 aliphatic heterocycles. The van der Waals surface area contributed by atoms with Crippen molar-refractivity contribution in [2.75, 3.05) is 0 Å². The summed E-state index contributed by atoms with van der Waals surface area (Å²) in [6, 6.07) is 9.76. The van der Waals surface area contributed by atoms with Crippen molar-refractivity contribution in [3.05, 3.63) is 89.9 Å². The third-order valence-electron chi connectivity index (χ3n) is 4.32. The van der Waals surface area contributed by atoms with E-state index in [9.17, 15) is 4.79 Å². The second-order valence-electron chi connectivity index (χ2n) is 6.67. The summed E-state index contributed by atoms with van der Waals surface area (Å²) in [4.78, 5) is 20.0. The fourth-order valence-electron chi connectivity index (χ4n) is 2.66. The third kappa shape index (κ3) is 3.52. The maximum atomic E-state index is 12.5. The van der Waals surface area contributed by atoms with Crippen molar-refractivity contribution >= 4 is 18.1 Å².